The lowest BCUT2D eigenvalue weighted by atomic mass is 9.74. The normalized spacial score (nSPS) is 34.2. The van der Waals surface area contributed by atoms with E-state index in [0.717, 1.165) is 5.57 Å². The number of benzene rings is 1. The molecule has 26 heavy (non-hydrogen) atoms. The van der Waals surface area contributed by atoms with Crippen LogP contribution >= 0.6 is 0 Å². The van der Waals surface area contributed by atoms with E-state index < -0.39 is 29.5 Å². The summed E-state index contributed by atoms with van der Waals surface area (Å²) in [4.78, 5) is 26.6. The van der Waals surface area contributed by atoms with E-state index >= 15 is 0 Å². The fourth-order valence-corrected chi connectivity index (χ4v) is 4.55. The van der Waals surface area contributed by atoms with Gasteiger partial charge in [0.1, 0.15) is 11.4 Å². The molecule has 6 nitrogen and oxygen atoms in total. The SMILES string of the molecule is C=C(C)C[C@H]1N(c2ccc(OC)cc2)C(=O)[C@@H]2[C@H](C(=O)[O-])[C@@H]3C=C[C@]21O3. The minimum Gasteiger partial charge on any atom is -0.550 e. The second kappa shape index (κ2) is 5.71. The van der Waals surface area contributed by atoms with Crippen LogP contribution in [0.2, 0.25) is 0 Å². The lowest BCUT2D eigenvalue weighted by Gasteiger charge is -2.33. The second-order valence-electron chi connectivity index (χ2n) is 7.20. The largest absolute Gasteiger partial charge is 0.550 e. The van der Waals surface area contributed by atoms with E-state index in [4.69, 9.17) is 9.47 Å². The zero-order valence-electron chi connectivity index (χ0n) is 14.7. The van der Waals surface area contributed by atoms with Crippen LogP contribution in [0.1, 0.15) is 13.3 Å². The number of carbonyl (C=O) groups excluding carboxylic acids is 2. The van der Waals surface area contributed by atoms with Crippen LogP contribution in [0.25, 0.3) is 0 Å². The van der Waals surface area contributed by atoms with Gasteiger partial charge in [-0.25, -0.2) is 0 Å². The van der Waals surface area contributed by atoms with Crippen molar-refractivity contribution in [1.82, 2.24) is 0 Å². The number of rotatable bonds is 5. The molecule has 1 amide bonds. The number of anilines is 1. The van der Waals surface area contributed by atoms with Crippen LogP contribution in [0.3, 0.4) is 0 Å². The second-order valence-corrected chi connectivity index (χ2v) is 7.20. The molecule has 1 spiro atoms. The van der Waals surface area contributed by atoms with Crippen molar-refractivity contribution in [2.45, 2.75) is 31.1 Å². The van der Waals surface area contributed by atoms with E-state index in [2.05, 4.69) is 6.58 Å². The Balaban J connectivity index is 1.81. The molecule has 0 saturated carbocycles. The summed E-state index contributed by atoms with van der Waals surface area (Å²) in [5, 5.41) is 11.7. The van der Waals surface area contributed by atoms with Gasteiger partial charge in [-0.1, -0.05) is 17.7 Å². The molecule has 3 aliphatic rings. The Morgan fingerprint density at radius 3 is 2.65 bits per heavy atom. The quantitative estimate of drug-likeness (QED) is 0.739. The molecule has 0 N–H and O–H groups in total. The van der Waals surface area contributed by atoms with Crippen molar-refractivity contribution < 1.29 is 24.2 Å². The summed E-state index contributed by atoms with van der Waals surface area (Å²) in [5.74, 6) is -2.56. The highest BCUT2D eigenvalue weighted by Gasteiger charge is 2.69. The Morgan fingerprint density at radius 1 is 1.38 bits per heavy atom. The van der Waals surface area contributed by atoms with E-state index in [1.807, 2.05) is 13.0 Å². The van der Waals surface area contributed by atoms with Crippen molar-refractivity contribution in [3.05, 3.63) is 48.6 Å². The first-order valence-corrected chi connectivity index (χ1v) is 8.58. The molecule has 136 valence electrons. The fraction of sp³-hybridized carbons (Fsp3) is 0.400. The van der Waals surface area contributed by atoms with Crippen LogP contribution in [0.5, 0.6) is 5.75 Å². The number of hydrogen-bond donors (Lipinski definition) is 0. The van der Waals surface area contributed by atoms with Crippen LogP contribution in [-0.4, -0.2) is 36.7 Å². The Bertz CT molecular complexity index is 814. The van der Waals surface area contributed by atoms with E-state index in [0.29, 0.717) is 17.9 Å². The first-order chi connectivity index (χ1) is 12.4. The summed E-state index contributed by atoms with van der Waals surface area (Å²) < 4.78 is 11.3. The number of carboxylic acids is 1. The maximum absolute atomic E-state index is 13.3. The first kappa shape index (κ1) is 16.8. The Kier molecular flexibility index (Phi) is 3.70. The molecule has 2 bridgehead atoms. The maximum atomic E-state index is 13.3. The molecule has 5 atom stereocenters. The molecule has 1 aromatic rings. The van der Waals surface area contributed by atoms with Crippen LogP contribution in [0, 0.1) is 11.8 Å². The Morgan fingerprint density at radius 2 is 2.08 bits per heavy atom. The van der Waals surface area contributed by atoms with Crippen molar-refractivity contribution >= 4 is 17.6 Å². The van der Waals surface area contributed by atoms with E-state index in [1.54, 1.807) is 42.4 Å². The molecular weight excluding hydrogens is 334 g/mol. The minimum absolute atomic E-state index is 0.248. The predicted octanol–water partition coefficient (Wildman–Crippen LogP) is 1.07. The third-order valence-electron chi connectivity index (χ3n) is 5.59. The van der Waals surface area contributed by atoms with Gasteiger partial charge in [0, 0.05) is 17.6 Å². The average Bonchev–Trinajstić information content (AvgIpc) is 3.24. The smallest absolute Gasteiger partial charge is 0.234 e. The number of methoxy groups -OCH3 is 1. The van der Waals surface area contributed by atoms with Gasteiger partial charge in [0.05, 0.1) is 25.2 Å². The van der Waals surface area contributed by atoms with E-state index in [9.17, 15) is 14.7 Å². The van der Waals surface area contributed by atoms with Gasteiger partial charge in [-0.15, -0.1) is 6.58 Å². The Labute approximate surface area is 151 Å². The molecule has 3 aliphatic heterocycles. The highest BCUT2D eigenvalue weighted by atomic mass is 16.5. The molecule has 4 rings (SSSR count). The molecule has 1 aromatic carbocycles. The summed E-state index contributed by atoms with van der Waals surface area (Å²) in [6, 6.07) is 6.79. The van der Waals surface area contributed by atoms with Gasteiger partial charge in [0.25, 0.3) is 0 Å². The van der Waals surface area contributed by atoms with Crippen LogP contribution in [0.15, 0.2) is 48.6 Å². The van der Waals surface area contributed by atoms with Crippen molar-refractivity contribution in [3.8, 4) is 5.75 Å². The number of hydrogen-bond acceptors (Lipinski definition) is 5. The van der Waals surface area contributed by atoms with Gasteiger partial charge >= 0.3 is 0 Å². The number of ether oxygens (including phenoxy) is 2. The lowest BCUT2D eigenvalue weighted by Crippen LogP contribution is -2.46. The number of carboxylic acid groups (broad SMARTS) is 1. The molecule has 0 aliphatic carbocycles. The van der Waals surface area contributed by atoms with Crippen molar-refractivity contribution in [3.63, 3.8) is 0 Å². The molecular formula is C20H20NO5-. The van der Waals surface area contributed by atoms with Gasteiger partial charge in [-0.05, 0) is 37.6 Å². The minimum atomic E-state index is -1.25. The molecule has 2 fully saturated rings. The Hall–Kier alpha value is -2.60. The maximum Gasteiger partial charge on any atom is 0.234 e. The number of carbonyl (C=O) groups is 2. The van der Waals surface area contributed by atoms with Gasteiger partial charge < -0.3 is 24.3 Å². The molecule has 0 unspecified atom stereocenters. The monoisotopic (exact) mass is 354 g/mol. The average molecular weight is 354 g/mol. The van der Waals surface area contributed by atoms with Gasteiger partial charge in [-0.2, -0.15) is 0 Å². The lowest BCUT2D eigenvalue weighted by molar-refractivity contribution is -0.313. The van der Waals surface area contributed by atoms with Gasteiger partial charge in [0.2, 0.25) is 5.91 Å². The molecule has 0 radical (unpaired) electrons. The van der Waals surface area contributed by atoms with Crippen molar-refractivity contribution in [2.24, 2.45) is 11.8 Å². The zero-order valence-corrected chi connectivity index (χ0v) is 14.7. The molecule has 0 aromatic heterocycles. The summed E-state index contributed by atoms with van der Waals surface area (Å²) in [6.07, 6.45) is 3.51. The summed E-state index contributed by atoms with van der Waals surface area (Å²) >= 11 is 0. The van der Waals surface area contributed by atoms with Crippen LogP contribution < -0.4 is 14.7 Å². The van der Waals surface area contributed by atoms with Crippen molar-refractivity contribution in [1.29, 1.82) is 0 Å². The number of nitrogens with zero attached hydrogens (tertiary/aromatic N) is 1. The van der Waals surface area contributed by atoms with Gasteiger partial charge in [-0.3, -0.25) is 4.79 Å². The summed E-state index contributed by atoms with van der Waals surface area (Å²) in [7, 11) is 1.57. The van der Waals surface area contributed by atoms with E-state index in [1.165, 1.54) is 0 Å². The predicted molar refractivity (Wildman–Crippen MR) is 92.4 cm³/mol. The molecule has 3 heterocycles. The molecule has 2 saturated heterocycles. The third-order valence-corrected chi connectivity index (χ3v) is 5.59. The summed E-state index contributed by atoms with van der Waals surface area (Å²) in [6.45, 7) is 5.87. The first-order valence-electron chi connectivity index (χ1n) is 8.58. The zero-order chi connectivity index (χ0) is 18.6. The third kappa shape index (κ3) is 2.15. The summed E-state index contributed by atoms with van der Waals surface area (Å²) in [5.41, 5.74) is 0.628. The topological polar surface area (TPSA) is 78.9 Å². The van der Waals surface area contributed by atoms with Gasteiger partial charge in [0.15, 0.2) is 0 Å². The standard InChI is InChI=1S/C20H21NO5/c1-11(2)10-15-20-9-8-14(26-20)16(19(23)24)17(20)18(22)21(15)12-4-6-13(25-3)7-5-12/h4-9,14-17H,1,10H2,2-3H3,(H,23,24)/p-1/t14-,15+,16+,17-,20+/m0/s1. The van der Waals surface area contributed by atoms with E-state index in [-0.39, 0.29) is 11.9 Å². The number of fused-ring (bicyclic) bond motifs is 1. The number of aliphatic carboxylic acids is 1. The van der Waals surface area contributed by atoms with Crippen molar-refractivity contribution in [2.75, 3.05) is 12.0 Å². The number of amides is 1. The highest BCUT2D eigenvalue weighted by molar-refractivity contribution is 6.03. The van der Waals surface area contributed by atoms with Crippen LogP contribution in [-0.2, 0) is 14.3 Å². The molecule has 6 heteroatoms. The van der Waals surface area contributed by atoms with Crippen LogP contribution in [0.4, 0.5) is 5.69 Å². The fourth-order valence-electron chi connectivity index (χ4n) is 4.55. The highest BCUT2D eigenvalue weighted by Crippen LogP contribution is 2.56.